The molecule has 0 saturated heterocycles. The monoisotopic (exact) mass is 346 g/mol. The van der Waals surface area contributed by atoms with Gasteiger partial charge in [0.2, 0.25) is 5.75 Å². The molecule has 0 amide bonds. The van der Waals surface area contributed by atoms with Gasteiger partial charge in [-0.2, -0.15) is 0 Å². The molecule has 0 unspecified atom stereocenters. The lowest BCUT2D eigenvalue weighted by molar-refractivity contribution is 0.377. The van der Waals surface area contributed by atoms with Gasteiger partial charge in [0.05, 0.1) is 7.11 Å². The van der Waals surface area contributed by atoms with E-state index in [0.29, 0.717) is 11.5 Å². The molecule has 1 aromatic carbocycles. The summed E-state index contributed by atoms with van der Waals surface area (Å²) in [7, 11) is 1.48. The minimum absolute atomic E-state index is 0.0232. The molecular weight excluding hydrogens is 336 g/mol. The average molecular weight is 347 g/mol. The Morgan fingerprint density at radius 3 is 2.46 bits per heavy atom. The fourth-order valence-electron chi connectivity index (χ4n) is 1.94. The molecule has 2 aromatic heterocycles. The Kier molecular flexibility index (Phi) is 4.30. The summed E-state index contributed by atoms with van der Waals surface area (Å²) in [5, 5.41) is -0.175. The summed E-state index contributed by atoms with van der Waals surface area (Å²) in [5.41, 5.74) is -1.00. The van der Waals surface area contributed by atoms with Crippen LogP contribution in [-0.4, -0.2) is 27.0 Å². The average Bonchev–Trinajstić information content (AvgIpc) is 2.58. The van der Waals surface area contributed by atoms with Crippen LogP contribution < -0.4 is 20.6 Å². The van der Waals surface area contributed by atoms with Crippen LogP contribution in [0.1, 0.15) is 0 Å². The van der Waals surface area contributed by atoms with Crippen molar-refractivity contribution < 1.29 is 9.47 Å². The van der Waals surface area contributed by atoms with Crippen LogP contribution in [-0.2, 0) is 0 Å². The van der Waals surface area contributed by atoms with Crippen molar-refractivity contribution in [2.75, 3.05) is 7.11 Å². The van der Waals surface area contributed by atoms with Crippen molar-refractivity contribution in [1.29, 1.82) is 0 Å². The first-order valence-electron chi connectivity index (χ1n) is 6.75. The Morgan fingerprint density at radius 2 is 1.79 bits per heavy atom. The van der Waals surface area contributed by atoms with E-state index in [0.717, 1.165) is 0 Å². The number of nitrogens with zero attached hydrogens (tertiary/aromatic N) is 2. The number of hydrogen-bond acceptors (Lipinski definition) is 6. The highest BCUT2D eigenvalue weighted by Gasteiger charge is 2.16. The lowest BCUT2D eigenvalue weighted by atomic mass is 10.3. The van der Waals surface area contributed by atoms with Gasteiger partial charge < -0.3 is 19.4 Å². The van der Waals surface area contributed by atoms with E-state index in [1.807, 2.05) is 0 Å². The predicted octanol–water partition coefficient (Wildman–Crippen LogP) is 1.97. The highest BCUT2D eigenvalue weighted by Crippen LogP contribution is 2.32. The Labute approximate surface area is 140 Å². The lowest BCUT2D eigenvalue weighted by Gasteiger charge is -2.10. The molecule has 0 aliphatic carbocycles. The van der Waals surface area contributed by atoms with Gasteiger partial charge in [0.1, 0.15) is 0 Å². The minimum Gasteiger partial charge on any atom is -0.493 e. The second kappa shape index (κ2) is 6.55. The number of aromatic amines is 2. The molecule has 2 N–H and O–H groups in total. The van der Waals surface area contributed by atoms with Gasteiger partial charge in [-0.1, -0.05) is 23.7 Å². The Balaban J connectivity index is 2.02. The highest BCUT2D eigenvalue weighted by atomic mass is 35.5. The van der Waals surface area contributed by atoms with E-state index >= 15 is 0 Å². The quantitative estimate of drug-likeness (QED) is 0.699. The Morgan fingerprint density at radius 1 is 1.04 bits per heavy atom. The predicted molar refractivity (Wildman–Crippen MR) is 86.8 cm³/mol. The lowest BCUT2D eigenvalue weighted by Crippen LogP contribution is -2.15. The number of benzene rings is 1. The molecule has 122 valence electrons. The third-order valence-electron chi connectivity index (χ3n) is 3.01. The maximum absolute atomic E-state index is 12.3. The van der Waals surface area contributed by atoms with Crippen molar-refractivity contribution in [2.24, 2.45) is 0 Å². The van der Waals surface area contributed by atoms with Crippen LogP contribution in [0.4, 0.5) is 0 Å². The summed E-state index contributed by atoms with van der Waals surface area (Å²) >= 11 is 6.05. The molecule has 0 radical (unpaired) electrons. The zero-order valence-electron chi connectivity index (χ0n) is 12.4. The normalized spacial score (nSPS) is 10.4. The van der Waals surface area contributed by atoms with Crippen LogP contribution in [0.25, 0.3) is 11.6 Å². The van der Waals surface area contributed by atoms with E-state index in [1.165, 1.54) is 19.4 Å². The zero-order chi connectivity index (χ0) is 17.1. The summed E-state index contributed by atoms with van der Waals surface area (Å²) in [6, 6.07) is 8.02. The van der Waals surface area contributed by atoms with Gasteiger partial charge in [0, 0.05) is 12.3 Å². The summed E-state index contributed by atoms with van der Waals surface area (Å²) in [5.74, 6) is 0.669. The molecule has 0 bridgehead atoms. The number of ether oxygens (including phenoxy) is 2. The number of halogens is 1. The van der Waals surface area contributed by atoms with E-state index in [-0.39, 0.29) is 28.1 Å². The molecule has 24 heavy (non-hydrogen) atoms. The van der Waals surface area contributed by atoms with Crippen LogP contribution in [0.2, 0.25) is 5.15 Å². The van der Waals surface area contributed by atoms with Crippen LogP contribution in [0, 0.1) is 0 Å². The molecule has 3 aromatic rings. The van der Waals surface area contributed by atoms with Crippen LogP contribution in [0.5, 0.6) is 17.2 Å². The van der Waals surface area contributed by atoms with Gasteiger partial charge in [-0.15, -0.1) is 0 Å². The smallest absolute Gasteiger partial charge is 0.295 e. The van der Waals surface area contributed by atoms with Gasteiger partial charge in [-0.25, -0.2) is 9.97 Å². The SMILES string of the molecule is COc1ccccc1Oc1c(Cl)nc(-c2nccc(=O)[nH]2)[nH]c1=O. The van der Waals surface area contributed by atoms with E-state index in [4.69, 9.17) is 21.1 Å². The number of para-hydroxylation sites is 2. The van der Waals surface area contributed by atoms with Gasteiger partial charge in [-0.05, 0) is 12.1 Å². The largest absolute Gasteiger partial charge is 0.493 e. The number of hydrogen-bond donors (Lipinski definition) is 2. The zero-order valence-corrected chi connectivity index (χ0v) is 13.1. The molecule has 0 spiro atoms. The fourth-order valence-corrected chi connectivity index (χ4v) is 2.15. The summed E-state index contributed by atoms with van der Waals surface area (Å²) in [6.45, 7) is 0. The first-order valence-corrected chi connectivity index (χ1v) is 7.12. The molecule has 0 aliphatic heterocycles. The number of nitrogens with one attached hydrogen (secondary N) is 2. The second-order valence-corrected chi connectivity index (χ2v) is 4.93. The van der Waals surface area contributed by atoms with Gasteiger partial charge in [-0.3, -0.25) is 9.59 Å². The molecule has 8 nitrogen and oxygen atoms in total. The summed E-state index contributed by atoms with van der Waals surface area (Å²) in [6.07, 6.45) is 1.29. The maximum Gasteiger partial charge on any atom is 0.295 e. The van der Waals surface area contributed by atoms with Crippen LogP contribution in [0.15, 0.2) is 46.1 Å². The minimum atomic E-state index is -0.623. The number of rotatable bonds is 4. The molecule has 0 fully saturated rings. The molecule has 0 atom stereocenters. The first kappa shape index (κ1) is 15.8. The molecule has 3 rings (SSSR count). The highest BCUT2D eigenvalue weighted by molar-refractivity contribution is 6.30. The van der Waals surface area contributed by atoms with E-state index < -0.39 is 5.56 Å². The van der Waals surface area contributed by atoms with Crippen LogP contribution in [0.3, 0.4) is 0 Å². The molecule has 0 aliphatic rings. The third-order valence-corrected chi connectivity index (χ3v) is 3.27. The van der Waals surface area contributed by atoms with E-state index in [1.54, 1.807) is 24.3 Å². The van der Waals surface area contributed by atoms with Crippen molar-refractivity contribution in [3.63, 3.8) is 0 Å². The third kappa shape index (κ3) is 3.13. The first-order chi connectivity index (χ1) is 11.6. The topological polar surface area (TPSA) is 110 Å². The number of H-pyrrole nitrogens is 2. The van der Waals surface area contributed by atoms with Crippen LogP contribution >= 0.6 is 11.6 Å². The van der Waals surface area contributed by atoms with Gasteiger partial charge in [0.15, 0.2) is 28.3 Å². The number of aromatic nitrogens is 4. The standard InChI is InChI=1S/C15H11ClN4O4/c1-23-8-4-2-3-5-9(8)24-11-12(16)19-14(20-15(11)22)13-17-7-6-10(21)18-13/h2-7H,1H3,(H,17,18,21)(H,19,20,22). The second-order valence-electron chi connectivity index (χ2n) is 4.57. The van der Waals surface area contributed by atoms with Crippen molar-refractivity contribution in [1.82, 2.24) is 19.9 Å². The molecule has 2 heterocycles. The number of methoxy groups -OCH3 is 1. The summed E-state index contributed by atoms with van der Waals surface area (Å²) in [4.78, 5) is 36.4. The van der Waals surface area contributed by atoms with Crippen molar-refractivity contribution in [3.8, 4) is 28.9 Å². The van der Waals surface area contributed by atoms with E-state index in [9.17, 15) is 9.59 Å². The molecular formula is C15H11ClN4O4. The maximum atomic E-state index is 12.3. The van der Waals surface area contributed by atoms with Gasteiger partial charge >= 0.3 is 0 Å². The van der Waals surface area contributed by atoms with Crippen molar-refractivity contribution in [3.05, 3.63) is 62.4 Å². The van der Waals surface area contributed by atoms with Crippen molar-refractivity contribution >= 4 is 11.6 Å². The van der Waals surface area contributed by atoms with Crippen molar-refractivity contribution in [2.45, 2.75) is 0 Å². The Bertz CT molecular complexity index is 999. The summed E-state index contributed by atoms with van der Waals surface area (Å²) < 4.78 is 10.7. The molecule has 9 heteroatoms. The van der Waals surface area contributed by atoms with E-state index in [2.05, 4.69) is 19.9 Å². The molecule has 0 saturated carbocycles. The van der Waals surface area contributed by atoms with Gasteiger partial charge in [0.25, 0.3) is 11.1 Å². The Hall–Kier alpha value is -3.13. The fraction of sp³-hybridized carbons (Fsp3) is 0.0667.